The van der Waals surface area contributed by atoms with E-state index in [9.17, 15) is 23.6 Å². The summed E-state index contributed by atoms with van der Waals surface area (Å²) in [5.41, 5.74) is 5.04. The number of rotatable bonds is 7. The van der Waals surface area contributed by atoms with Crippen LogP contribution in [0.15, 0.2) is 24.4 Å². The molecule has 164 valence electrons. The first-order valence-corrected chi connectivity index (χ1v) is 10.1. The van der Waals surface area contributed by atoms with Gasteiger partial charge in [-0.1, -0.05) is 11.3 Å². The van der Waals surface area contributed by atoms with Crippen LogP contribution >= 0.6 is 11.3 Å². The second-order valence-corrected chi connectivity index (χ2v) is 7.79. The van der Waals surface area contributed by atoms with Gasteiger partial charge in [0.05, 0.1) is 6.20 Å². The number of hydrogen-bond acceptors (Lipinski definition) is 8. The maximum absolute atomic E-state index is 14.0. The Bertz CT molecular complexity index is 1020. The van der Waals surface area contributed by atoms with E-state index in [1.807, 2.05) is 4.90 Å². The Kier molecular flexibility index (Phi) is 6.80. The fourth-order valence-electron chi connectivity index (χ4n) is 3.03. The summed E-state index contributed by atoms with van der Waals surface area (Å²) >= 11 is 1.07. The smallest absolute Gasteiger partial charge is 0.355 e. The molecule has 10 nitrogen and oxygen atoms in total. The zero-order chi connectivity index (χ0) is 22.5. The van der Waals surface area contributed by atoms with Crippen LogP contribution in [0.3, 0.4) is 0 Å². The summed E-state index contributed by atoms with van der Waals surface area (Å²) in [5.74, 6) is -4.50. The monoisotopic (exact) mass is 450 g/mol. The molecule has 4 N–H and O–H groups in total. The van der Waals surface area contributed by atoms with Crippen LogP contribution in [0.25, 0.3) is 0 Å². The third-order valence-electron chi connectivity index (χ3n) is 4.66. The molecule has 1 fully saturated rings. The second-order valence-electron chi connectivity index (χ2n) is 6.78. The van der Waals surface area contributed by atoms with Crippen LogP contribution in [0.4, 0.5) is 9.52 Å². The third-order valence-corrected chi connectivity index (χ3v) is 5.70. The number of hydrogen-bond donors (Lipinski definition) is 3. The molecule has 0 saturated carbocycles. The van der Waals surface area contributed by atoms with Gasteiger partial charge in [0.15, 0.2) is 16.7 Å². The summed E-state index contributed by atoms with van der Waals surface area (Å²) < 4.78 is 19.1. The molecule has 2 heterocycles. The van der Waals surface area contributed by atoms with E-state index < -0.39 is 30.2 Å². The van der Waals surface area contributed by atoms with E-state index in [0.717, 1.165) is 23.5 Å². The Labute approximate surface area is 179 Å². The van der Waals surface area contributed by atoms with Crippen LogP contribution in [0.1, 0.15) is 32.9 Å². The molecule has 1 aliphatic heterocycles. The molecule has 2 amide bonds. The SMILES string of the molecule is NC(=O)c1ccc(OC(=O)c2cnc(N3CCC(C(=O)NCC(=O)O)CC3)s2)c(F)c1. The quantitative estimate of drug-likeness (QED) is 0.418. The molecule has 0 bridgehead atoms. The number of carbonyl (C=O) groups excluding carboxylic acids is 3. The van der Waals surface area contributed by atoms with Gasteiger partial charge in [0, 0.05) is 24.6 Å². The van der Waals surface area contributed by atoms with Gasteiger partial charge in [0.2, 0.25) is 11.8 Å². The molecule has 1 aromatic carbocycles. The number of anilines is 1. The van der Waals surface area contributed by atoms with Crippen LogP contribution in [0, 0.1) is 11.7 Å². The Balaban J connectivity index is 1.57. The van der Waals surface area contributed by atoms with Crippen molar-refractivity contribution in [2.45, 2.75) is 12.8 Å². The number of benzene rings is 1. The Morgan fingerprint density at radius 2 is 2.00 bits per heavy atom. The number of primary amides is 1. The van der Waals surface area contributed by atoms with Gasteiger partial charge in [0.25, 0.3) is 0 Å². The zero-order valence-corrected chi connectivity index (χ0v) is 17.0. The number of nitrogens with zero attached hydrogens (tertiary/aromatic N) is 2. The molecular weight excluding hydrogens is 431 g/mol. The predicted molar refractivity (Wildman–Crippen MR) is 108 cm³/mol. The highest BCUT2D eigenvalue weighted by Gasteiger charge is 2.27. The summed E-state index contributed by atoms with van der Waals surface area (Å²) in [6.07, 6.45) is 2.36. The molecular formula is C19H19FN4O6S. The molecule has 1 aliphatic rings. The number of nitrogens with one attached hydrogen (secondary N) is 1. The molecule has 2 aromatic rings. The van der Waals surface area contributed by atoms with Gasteiger partial charge in [-0.25, -0.2) is 14.2 Å². The fraction of sp³-hybridized carbons (Fsp3) is 0.316. The molecule has 31 heavy (non-hydrogen) atoms. The van der Waals surface area contributed by atoms with Crippen molar-refractivity contribution in [2.24, 2.45) is 11.7 Å². The lowest BCUT2D eigenvalue weighted by Crippen LogP contribution is -2.41. The molecule has 0 atom stereocenters. The molecule has 1 aromatic heterocycles. The lowest BCUT2D eigenvalue weighted by Gasteiger charge is -2.30. The van der Waals surface area contributed by atoms with Gasteiger partial charge in [0.1, 0.15) is 11.4 Å². The number of esters is 1. The van der Waals surface area contributed by atoms with E-state index in [4.69, 9.17) is 15.6 Å². The lowest BCUT2D eigenvalue weighted by molar-refractivity contribution is -0.138. The van der Waals surface area contributed by atoms with E-state index in [1.165, 1.54) is 12.3 Å². The number of aliphatic carboxylic acids is 1. The topological polar surface area (TPSA) is 152 Å². The van der Waals surface area contributed by atoms with Crippen molar-refractivity contribution in [3.05, 3.63) is 40.7 Å². The number of carboxylic acid groups (broad SMARTS) is 1. The minimum atomic E-state index is -1.10. The molecule has 0 spiro atoms. The van der Waals surface area contributed by atoms with Crippen molar-refractivity contribution in [1.82, 2.24) is 10.3 Å². The van der Waals surface area contributed by atoms with E-state index >= 15 is 0 Å². The number of thiazole rings is 1. The van der Waals surface area contributed by atoms with Crippen molar-refractivity contribution in [2.75, 3.05) is 24.5 Å². The largest absolute Gasteiger partial charge is 0.480 e. The van der Waals surface area contributed by atoms with E-state index in [0.29, 0.717) is 31.1 Å². The highest BCUT2D eigenvalue weighted by Crippen LogP contribution is 2.29. The first kappa shape index (κ1) is 22.2. The van der Waals surface area contributed by atoms with Crippen LogP contribution in [0.5, 0.6) is 5.75 Å². The Hall–Kier alpha value is -3.54. The van der Waals surface area contributed by atoms with Gasteiger partial charge in [-0.3, -0.25) is 14.4 Å². The van der Waals surface area contributed by atoms with Gasteiger partial charge in [-0.2, -0.15) is 0 Å². The number of carboxylic acids is 1. The fourth-order valence-corrected chi connectivity index (χ4v) is 3.88. The molecule has 0 unspecified atom stereocenters. The molecule has 1 saturated heterocycles. The minimum Gasteiger partial charge on any atom is -0.480 e. The lowest BCUT2D eigenvalue weighted by atomic mass is 9.96. The van der Waals surface area contributed by atoms with Crippen molar-refractivity contribution >= 4 is 40.2 Å². The van der Waals surface area contributed by atoms with Crippen LogP contribution in [0.2, 0.25) is 0 Å². The number of ether oxygens (including phenoxy) is 1. The van der Waals surface area contributed by atoms with Crippen molar-refractivity contribution in [3.8, 4) is 5.75 Å². The second kappa shape index (κ2) is 9.51. The number of piperidine rings is 1. The molecule has 12 heteroatoms. The zero-order valence-electron chi connectivity index (χ0n) is 16.2. The standard InChI is InChI=1S/C19H19FN4O6S/c20-12-7-11(16(21)27)1-2-13(12)30-18(29)14-8-23-19(31-14)24-5-3-10(4-6-24)17(28)22-9-15(25)26/h1-2,7-8,10H,3-6,9H2,(H2,21,27)(H,22,28)(H,25,26). The summed E-state index contributed by atoms with van der Waals surface area (Å²) in [7, 11) is 0. The predicted octanol–water partition coefficient (Wildman–Crippen LogP) is 1.02. The van der Waals surface area contributed by atoms with Crippen molar-refractivity contribution in [1.29, 1.82) is 0 Å². The average Bonchev–Trinajstić information content (AvgIpc) is 3.24. The van der Waals surface area contributed by atoms with Crippen molar-refractivity contribution < 1.29 is 33.4 Å². The normalized spacial score (nSPS) is 14.2. The maximum atomic E-state index is 14.0. The Morgan fingerprint density at radius 1 is 1.29 bits per heavy atom. The van der Waals surface area contributed by atoms with Crippen molar-refractivity contribution in [3.63, 3.8) is 0 Å². The number of aromatic nitrogens is 1. The summed E-state index contributed by atoms with van der Waals surface area (Å²) in [4.78, 5) is 52.2. The molecule has 3 rings (SSSR count). The first-order valence-electron chi connectivity index (χ1n) is 9.26. The Morgan fingerprint density at radius 3 is 2.61 bits per heavy atom. The number of amides is 2. The number of nitrogens with two attached hydrogens (primary N) is 1. The maximum Gasteiger partial charge on any atom is 0.355 e. The summed E-state index contributed by atoms with van der Waals surface area (Å²) in [5, 5.41) is 11.6. The number of halogens is 1. The highest BCUT2D eigenvalue weighted by molar-refractivity contribution is 7.17. The summed E-state index contributed by atoms with van der Waals surface area (Å²) in [6, 6.07) is 3.29. The highest BCUT2D eigenvalue weighted by atomic mass is 32.1. The summed E-state index contributed by atoms with van der Waals surface area (Å²) in [6.45, 7) is 0.607. The van der Waals surface area contributed by atoms with E-state index in [-0.39, 0.29) is 28.0 Å². The minimum absolute atomic E-state index is 0.0441. The van der Waals surface area contributed by atoms with Gasteiger partial charge in [-0.05, 0) is 31.0 Å². The number of carbonyl (C=O) groups is 4. The van der Waals surface area contributed by atoms with Gasteiger partial charge in [-0.15, -0.1) is 0 Å². The van der Waals surface area contributed by atoms with Gasteiger partial charge >= 0.3 is 11.9 Å². The van der Waals surface area contributed by atoms with Crippen LogP contribution in [-0.2, 0) is 9.59 Å². The third kappa shape index (κ3) is 5.54. The van der Waals surface area contributed by atoms with Crippen LogP contribution in [-0.4, -0.2) is 53.5 Å². The van der Waals surface area contributed by atoms with E-state index in [1.54, 1.807) is 0 Å². The van der Waals surface area contributed by atoms with E-state index in [2.05, 4.69) is 10.3 Å². The van der Waals surface area contributed by atoms with Gasteiger partial charge < -0.3 is 25.8 Å². The first-order chi connectivity index (χ1) is 14.7. The molecule has 0 aliphatic carbocycles. The average molecular weight is 450 g/mol. The molecule has 0 radical (unpaired) electrons. The van der Waals surface area contributed by atoms with Crippen LogP contribution < -0.4 is 20.7 Å².